The Balaban J connectivity index is 3.17. The first-order valence-corrected chi connectivity index (χ1v) is 2.30. The molecular formula is C5H11NO. The summed E-state index contributed by atoms with van der Waals surface area (Å²) in [5.74, 6) is 0. The van der Waals surface area contributed by atoms with Crippen LogP contribution in [-0.2, 0) is 0 Å². The lowest BCUT2D eigenvalue weighted by Crippen LogP contribution is -2.08. The molecule has 0 atom stereocenters. The Morgan fingerprint density at radius 2 is 2.43 bits per heavy atom. The Labute approximate surface area is 43.8 Å². The van der Waals surface area contributed by atoms with E-state index in [4.69, 9.17) is 5.21 Å². The molecule has 2 heteroatoms. The summed E-state index contributed by atoms with van der Waals surface area (Å²) in [6, 6.07) is 0. The zero-order valence-corrected chi connectivity index (χ0v) is 4.73. The summed E-state index contributed by atoms with van der Waals surface area (Å²) in [6.07, 6.45) is 1.95. The van der Waals surface area contributed by atoms with Gasteiger partial charge in [-0.2, -0.15) is 0 Å². The van der Waals surface area contributed by atoms with Crippen molar-refractivity contribution in [2.24, 2.45) is 0 Å². The highest BCUT2D eigenvalue weighted by molar-refractivity contribution is 4.96. The maximum atomic E-state index is 8.08. The van der Waals surface area contributed by atoms with Crippen molar-refractivity contribution in [1.82, 2.24) is 5.48 Å². The van der Waals surface area contributed by atoms with Crippen molar-refractivity contribution in [3.63, 3.8) is 0 Å². The van der Waals surface area contributed by atoms with Crippen molar-refractivity contribution >= 4 is 0 Å². The molecule has 0 aliphatic heterocycles. The average Bonchev–Trinajstić information content (AvgIpc) is 1.68. The van der Waals surface area contributed by atoms with Gasteiger partial charge in [-0.05, 0) is 13.8 Å². The summed E-state index contributed by atoms with van der Waals surface area (Å²) in [5, 5.41) is 8.08. The summed E-state index contributed by atoms with van der Waals surface area (Å²) in [4.78, 5) is 0. The number of hydrogen-bond donors (Lipinski definition) is 2. The molecule has 7 heavy (non-hydrogen) atoms. The van der Waals surface area contributed by atoms with Gasteiger partial charge in [-0.3, -0.25) is 0 Å². The van der Waals surface area contributed by atoms with Crippen molar-refractivity contribution < 1.29 is 5.21 Å². The minimum absolute atomic E-state index is 0.566. The summed E-state index contributed by atoms with van der Waals surface area (Å²) >= 11 is 0. The van der Waals surface area contributed by atoms with Crippen molar-refractivity contribution in [2.75, 3.05) is 6.54 Å². The lowest BCUT2D eigenvalue weighted by atomic mass is 10.3. The van der Waals surface area contributed by atoms with Crippen LogP contribution in [0.5, 0.6) is 0 Å². The maximum Gasteiger partial charge on any atom is 0.0414 e. The molecule has 42 valence electrons. The third kappa shape index (κ3) is 3.49. The predicted octanol–water partition coefficient (Wildman–Crippen LogP) is 0.931. The lowest BCUT2D eigenvalue weighted by Gasteiger charge is -1.92. The first kappa shape index (κ1) is 6.66. The zero-order chi connectivity index (χ0) is 5.70. The second-order valence-corrected chi connectivity index (χ2v) is 1.47. The Bertz CT molecular complexity index is 68.5. The van der Waals surface area contributed by atoms with Gasteiger partial charge in [0.25, 0.3) is 0 Å². The molecule has 0 aliphatic rings. The van der Waals surface area contributed by atoms with E-state index in [1.165, 1.54) is 0 Å². The maximum absolute atomic E-state index is 8.08. The van der Waals surface area contributed by atoms with Gasteiger partial charge < -0.3 is 5.21 Å². The number of hydrogen-bond acceptors (Lipinski definition) is 2. The molecule has 0 amide bonds. The van der Waals surface area contributed by atoms with Gasteiger partial charge in [0.2, 0.25) is 0 Å². The Hall–Kier alpha value is -0.340. The summed E-state index contributed by atoms with van der Waals surface area (Å²) < 4.78 is 0. The Morgan fingerprint density at radius 1 is 1.86 bits per heavy atom. The standard InChI is InChI=1S/C5H11NO/c1-3-5(2)4-6-7/h3,6-7H,4H2,1-2H3. The van der Waals surface area contributed by atoms with Crippen molar-refractivity contribution in [2.45, 2.75) is 13.8 Å². The van der Waals surface area contributed by atoms with Crippen LogP contribution in [0.25, 0.3) is 0 Å². The van der Waals surface area contributed by atoms with E-state index in [2.05, 4.69) is 5.48 Å². The first-order chi connectivity index (χ1) is 3.31. The quantitative estimate of drug-likeness (QED) is 0.400. The fourth-order valence-electron chi connectivity index (χ4n) is 0.227. The van der Waals surface area contributed by atoms with Crippen LogP contribution in [-0.4, -0.2) is 11.8 Å². The highest BCUT2D eigenvalue weighted by Gasteiger charge is 1.79. The van der Waals surface area contributed by atoms with E-state index in [0.29, 0.717) is 6.54 Å². The normalized spacial score (nSPS) is 12.1. The van der Waals surface area contributed by atoms with Crippen LogP contribution in [0, 0.1) is 0 Å². The molecule has 0 heterocycles. The second kappa shape index (κ2) is 3.84. The van der Waals surface area contributed by atoms with Crippen LogP contribution in [0.1, 0.15) is 13.8 Å². The van der Waals surface area contributed by atoms with Crippen LogP contribution in [0.3, 0.4) is 0 Å². The van der Waals surface area contributed by atoms with Crippen LogP contribution in [0.4, 0.5) is 0 Å². The van der Waals surface area contributed by atoms with E-state index < -0.39 is 0 Å². The molecule has 0 bridgehead atoms. The van der Waals surface area contributed by atoms with Gasteiger partial charge in [-0.25, -0.2) is 5.48 Å². The van der Waals surface area contributed by atoms with E-state index in [-0.39, 0.29) is 0 Å². The number of rotatable bonds is 2. The monoisotopic (exact) mass is 101 g/mol. The topological polar surface area (TPSA) is 32.3 Å². The molecule has 0 rings (SSSR count). The third-order valence-electron chi connectivity index (χ3n) is 0.851. The number of hydroxylamine groups is 1. The summed E-state index contributed by atoms with van der Waals surface area (Å²) in [7, 11) is 0. The highest BCUT2D eigenvalue weighted by atomic mass is 16.5. The van der Waals surface area contributed by atoms with E-state index in [1.807, 2.05) is 19.9 Å². The van der Waals surface area contributed by atoms with Gasteiger partial charge in [0.05, 0.1) is 0 Å². The molecule has 2 nitrogen and oxygen atoms in total. The molecular weight excluding hydrogens is 90.1 g/mol. The fraction of sp³-hybridized carbons (Fsp3) is 0.600. The minimum Gasteiger partial charge on any atom is -0.317 e. The largest absolute Gasteiger partial charge is 0.317 e. The van der Waals surface area contributed by atoms with Crippen LogP contribution >= 0.6 is 0 Å². The number of allylic oxidation sites excluding steroid dienone is 1. The third-order valence-corrected chi connectivity index (χ3v) is 0.851. The van der Waals surface area contributed by atoms with Crippen molar-refractivity contribution in [1.29, 1.82) is 0 Å². The molecule has 0 saturated heterocycles. The smallest absolute Gasteiger partial charge is 0.0414 e. The minimum atomic E-state index is 0.566. The summed E-state index contributed by atoms with van der Waals surface area (Å²) in [6.45, 7) is 4.45. The first-order valence-electron chi connectivity index (χ1n) is 2.30. The van der Waals surface area contributed by atoms with E-state index in [0.717, 1.165) is 5.57 Å². The fourth-order valence-corrected chi connectivity index (χ4v) is 0.227. The van der Waals surface area contributed by atoms with Crippen LogP contribution in [0.15, 0.2) is 11.6 Å². The van der Waals surface area contributed by atoms with Crippen LogP contribution in [0.2, 0.25) is 0 Å². The Morgan fingerprint density at radius 3 is 2.57 bits per heavy atom. The predicted molar refractivity (Wildman–Crippen MR) is 29.2 cm³/mol. The van der Waals surface area contributed by atoms with Gasteiger partial charge in [0, 0.05) is 6.54 Å². The van der Waals surface area contributed by atoms with Gasteiger partial charge in [-0.1, -0.05) is 11.6 Å². The van der Waals surface area contributed by atoms with Gasteiger partial charge >= 0.3 is 0 Å². The zero-order valence-electron chi connectivity index (χ0n) is 4.73. The molecule has 0 aromatic carbocycles. The van der Waals surface area contributed by atoms with Gasteiger partial charge in [-0.15, -0.1) is 0 Å². The SMILES string of the molecule is CC=C(C)CNO. The van der Waals surface area contributed by atoms with Gasteiger partial charge in [0.15, 0.2) is 0 Å². The summed E-state index contributed by atoms with van der Waals surface area (Å²) in [5.41, 5.74) is 3.19. The van der Waals surface area contributed by atoms with Gasteiger partial charge in [0.1, 0.15) is 0 Å². The molecule has 0 aromatic rings. The van der Waals surface area contributed by atoms with Crippen molar-refractivity contribution in [3.05, 3.63) is 11.6 Å². The molecule has 0 fully saturated rings. The molecule has 0 spiro atoms. The molecule has 0 radical (unpaired) electrons. The lowest BCUT2D eigenvalue weighted by molar-refractivity contribution is 0.177. The molecule has 2 N–H and O–H groups in total. The Kier molecular flexibility index (Phi) is 3.65. The average molecular weight is 101 g/mol. The molecule has 0 unspecified atom stereocenters. The number of nitrogens with one attached hydrogen (secondary N) is 1. The molecule has 0 aliphatic carbocycles. The van der Waals surface area contributed by atoms with E-state index >= 15 is 0 Å². The highest BCUT2D eigenvalue weighted by Crippen LogP contribution is 1.84. The second-order valence-electron chi connectivity index (χ2n) is 1.47. The molecule has 0 aromatic heterocycles. The van der Waals surface area contributed by atoms with E-state index in [1.54, 1.807) is 0 Å². The van der Waals surface area contributed by atoms with Crippen LogP contribution < -0.4 is 5.48 Å². The van der Waals surface area contributed by atoms with Crippen molar-refractivity contribution in [3.8, 4) is 0 Å². The molecule has 0 saturated carbocycles. The van der Waals surface area contributed by atoms with E-state index in [9.17, 15) is 0 Å².